The minimum Gasteiger partial charge on any atom is -0.342 e. The molecule has 0 radical (unpaired) electrons. The summed E-state index contributed by atoms with van der Waals surface area (Å²) in [4.78, 5) is 26.9. The van der Waals surface area contributed by atoms with Gasteiger partial charge in [-0.3, -0.25) is 9.59 Å². The van der Waals surface area contributed by atoms with E-state index in [-0.39, 0.29) is 23.7 Å². The van der Waals surface area contributed by atoms with Crippen molar-refractivity contribution in [3.8, 4) is 0 Å². The molecule has 0 spiro atoms. The summed E-state index contributed by atoms with van der Waals surface area (Å²) in [6, 6.07) is 5.90. The van der Waals surface area contributed by atoms with Crippen LogP contribution in [-0.4, -0.2) is 29.8 Å². The Morgan fingerprint density at radius 1 is 1.22 bits per heavy atom. The van der Waals surface area contributed by atoms with Gasteiger partial charge in [0.05, 0.1) is 11.8 Å². The highest BCUT2D eigenvalue weighted by molar-refractivity contribution is 6.00. The number of anilines is 1. The molecule has 1 aromatic carbocycles. The first-order chi connectivity index (χ1) is 11.0. The minimum absolute atomic E-state index is 0.0119. The summed E-state index contributed by atoms with van der Waals surface area (Å²) >= 11 is 0. The Labute approximate surface area is 138 Å². The predicted octanol–water partition coefficient (Wildman–Crippen LogP) is 3.14. The third-order valence-electron chi connectivity index (χ3n) is 5.28. The van der Waals surface area contributed by atoms with Gasteiger partial charge in [0.2, 0.25) is 11.8 Å². The zero-order valence-electron chi connectivity index (χ0n) is 14.3. The van der Waals surface area contributed by atoms with Crippen LogP contribution in [0.15, 0.2) is 18.2 Å². The van der Waals surface area contributed by atoms with E-state index in [0.717, 1.165) is 36.3 Å². The van der Waals surface area contributed by atoms with E-state index in [0.29, 0.717) is 12.3 Å². The van der Waals surface area contributed by atoms with Gasteiger partial charge < -0.3 is 10.2 Å². The van der Waals surface area contributed by atoms with E-state index < -0.39 is 0 Å². The number of carbonyl (C=O) groups is 2. The van der Waals surface area contributed by atoms with Gasteiger partial charge in [0.25, 0.3) is 0 Å². The summed E-state index contributed by atoms with van der Waals surface area (Å²) in [7, 11) is 0. The van der Waals surface area contributed by atoms with Gasteiger partial charge in [-0.05, 0) is 56.2 Å². The lowest BCUT2D eigenvalue weighted by molar-refractivity contribution is -0.135. The molecule has 1 aliphatic carbocycles. The molecule has 23 heavy (non-hydrogen) atoms. The SMILES string of the molecule is Cc1cccc(NC(=O)C2CC2C(=O)N2CCCC(C)C2)c1C. The first-order valence-corrected chi connectivity index (χ1v) is 8.63. The van der Waals surface area contributed by atoms with Crippen molar-refractivity contribution >= 4 is 17.5 Å². The number of rotatable bonds is 3. The highest BCUT2D eigenvalue weighted by atomic mass is 16.2. The normalized spacial score (nSPS) is 26.7. The van der Waals surface area contributed by atoms with Gasteiger partial charge in [0.1, 0.15) is 0 Å². The number of amides is 2. The highest BCUT2D eigenvalue weighted by Crippen LogP contribution is 2.41. The Balaban J connectivity index is 1.58. The maximum Gasteiger partial charge on any atom is 0.228 e. The van der Waals surface area contributed by atoms with Crippen molar-refractivity contribution in [2.24, 2.45) is 17.8 Å². The number of hydrogen-bond donors (Lipinski definition) is 1. The maximum absolute atomic E-state index is 12.5. The summed E-state index contributed by atoms with van der Waals surface area (Å²) < 4.78 is 0. The lowest BCUT2D eigenvalue weighted by atomic mass is 10.00. The highest BCUT2D eigenvalue weighted by Gasteiger charge is 2.49. The Hall–Kier alpha value is -1.84. The molecule has 1 saturated carbocycles. The third kappa shape index (κ3) is 3.41. The molecule has 1 saturated heterocycles. The van der Waals surface area contributed by atoms with Crippen molar-refractivity contribution in [1.82, 2.24) is 4.90 Å². The van der Waals surface area contributed by atoms with Crippen LogP contribution in [0.3, 0.4) is 0 Å². The molecule has 4 nitrogen and oxygen atoms in total. The number of carbonyl (C=O) groups excluding carboxylic acids is 2. The minimum atomic E-state index is -0.153. The summed E-state index contributed by atoms with van der Waals surface area (Å²) in [5.74, 6) is 0.485. The second-order valence-electron chi connectivity index (χ2n) is 7.22. The molecule has 1 aliphatic heterocycles. The molecule has 1 aromatic rings. The standard InChI is InChI=1S/C19H26N2O2/c1-12-6-5-9-21(11-12)19(23)16-10-15(16)18(22)20-17-8-4-7-13(2)14(17)3/h4,7-8,12,15-16H,5-6,9-11H2,1-3H3,(H,20,22). The third-order valence-corrected chi connectivity index (χ3v) is 5.28. The first kappa shape index (κ1) is 16.0. The summed E-state index contributed by atoms with van der Waals surface area (Å²) in [5.41, 5.74) is 3.11. The molecule has 2 fully saturated rings. The van der Waals surface area contributed by atoms with Crippen molar-refractivity contribution in [1.29, 1.82) is 0 Å². The van der Waals surface area contributed by atoms with Crippen LogP contribution in [0.1, 0.15) is 37.3 Å². The number of likely N-dealkylation sites (tertiary alicyclic amines) is 1. The zero-order valence-corrected chi connectivity index (χ0v) is 14.3. The van der Waals surface area contributed by atoms with Crippen LogP contribution in [0.2, 0.25) is 0 Å². The first-order valence-electron chi connectivity index (χ1n) is 8.63. The zero-order chi connectivity index (χ0) is 16.6. The fourth-order valence-electron chi connectivity index (χ4n) is 3.49. The number of piperidine rings is 1. The monoisotopic (exact) mass is 314 g/mol. The predicted molar refractivity (Wildman–Crippen MR) is 91.1 cm³/mol. The molecule has 0 aromatic heterocycles. The second-order valence-corrected chi connectivity index (χ2v) is 7.22. The van der Waals surface area contributed by atoms with Crippen molar-refractivity contribution < 1.29 is 9.59 Å². The lowest BCUT2D eigenvalue weighted by Gasteiger charge is -2.31. The van der Waals surface area contributed by atoms with Crippen LogP contribution >= 0.6 is 0 Å². The molecule has 0 bridgehead atoms. The number of aryl methyl sites for hydroxylation is 1. The van der Waals surface area contributed by atoms with Crippen LogP contribution < -0.4 is 5.32 Å². The van der Waals surface area contributed by atoms with Crippen molar-refractivity contribution in [2.45, 2.75) is 40.0 Å². The average Bonchev–Trinajstić information content (AvgIpc) is 3.32. The second kappa shape index (κ2) is 6.34. The molecule has 1 heterocycles. The van der Waals surface area contributed by atoms with Gasteiger partial charge in [-0.15, -0.1) is 0 Å². The Kier molecular flexibility index (Phi) is 4.42. The van der Waals surface area contributed by atoms with Crippen LogP contribution in [0.5, 0.6) is 0 Å². The van der Waals surface area contributed by atoms with E-state index in [1.807, 2.05) is 36.9 Å². The molecule has 4 heteroatoms. The van der Waals surface area contributed by atoms with Gasteiger partial charge in [-0.1, -0.05) is 19.1 Å². The summed E-state index contributed by atoms with van der Waals surface area (Å²) in [5, 5.41) is 3.00. The van der Waals surface area contributed by atoms with Crippen LogP contribution in [-0.2, 0) is 9.59 Å². The van der Waals surface area contributed by atoms with Gasteiger partial charge in [-0.2, -0.15) is 0 Å². The Morgan fingerprint density at radius 3 is 2.74 bits per heavy atom. The van der Waals surface area contributed by atoms with Gasteiger partial charge in [-0.25, -0.2) is 0 Å². The number of nitrogens with one attached hydrogen (secondary N) is 1. The topological polar surface area (TPSA) is 49.4 Å². The number of hydrogen-bond acceptors (Lipinski definition) is 2. The van der Waals surface area contributed by atoms with Crippen LogP contribution in [0, 0.1) is 31.6 Å². The smallest absolute Gasteiger partial charge is 0.228 e. The van der Waals surface area contributed by atoms with E-state index in [1.165, 1.54) is 6.42 Å². The largest absolute Gasteiger partial charge is 0.342 e. The van der Waals surface area contributed by atoms with Crippen molar-refractivity contribution in [3.63, 3.8) is 0 Å². The van der Waals surface area contributed by atoms with E-state index in [9.17, 15) is 9.59 Å². The van der Waals surface area contributed by atoms with Gasteiger partial charge in [0.15, 0.2) is 0 Å². The molecule has 3 atom stereocenters. The molecule has 124 valence electrons. The van der Waals surface area contributed by atoms with Crippen LogP contribution in [0.25, 0.3) is 0 Å². The molecule has 1 N–H and O–H groups in total. The van der Waals surface area contributed by atoms with E-state index in [2.05, 4.69) is 12.2 Å². The fraction of sp³-hybridized carbons (Fsp3) is 0.579. The molecular formula is C19H26N2O2. The average molecular weight is 314 g/mol. The molecule has 2 amide bonds. The fourth-order valence-corrected chi connectivity index (χ4v) is 3.49. The summed E-state index contributed by atoms with van der Waals surface area (Å²) in [6.07, 6.45) is 2.98. The molecule has 3 unspecified atom stereocenters. The Morgan fingerprint density at radius 2 is 2.00 bits per heavy atom. The van der Waals surface area contributed by atoms with Gasteiger partial charge >= 0.3 is 0 Å². The maximum atomic E-state index is 12.5. The number of nitrogens with zero attached hydrogens (tertiary/aromatic N) is 1. The van der Waals surface area contributed by atoms with E-state index in [4.69, 9.17) is 0 Å². The van der Waals surface area contributed by atoms with Gasteiger partial charge in [0, 0.05) is 18.8 Å². The molecule has 2 aliphatic rings. The quantitative estimate of drug-likeness (QED) is 0.932. The summed E-state index contributed by atoms with van der Waals surface area (Å²) in [6.45, 7) is 7.93. The van der Waals surface area contributed by atoms with Crippen molar-refractivity contribution in [2.75, 3.05) is 18.4 Å². The lowest BCUT2D eigenvalue weighted by Crippen LogP contribution is -2.40. The van der Waals surface area contributed by atoms with Crippen LogP contribution in [0.4, 0.5) is 5.69 Å². The van der Waals surface area contributed by atoms with E-state index in [1.54, 1.807) is 0 Å². The molecular weight excluding hydrogens is 288 g/mol. The Bertz CT molecular complexity index is 626. The van der Waals surface area contributed by atoms with E-state index >= 15 is 0 Å². The number of benzene rings is 1. The van der Waals surface area contributed by atoms with Crippen molar-refractivity contribution in [3.05, 3.63) is 29.3 Å². The molecule has 3 rings (SSSR count).